The molecular formula is C17H19N3O3. The van der Waals surface area contributed by atoms with Crippen molar-refractivity contribution >= 4 is 11.8 Å². The van der Waals surface area contributed by atoms with E-state index < -0.39 is 0 Å². The Morgan fingerprint density at radius 1 is 1.39 bits per heavy atom. The SMILES string of the molecule is Cc1noc(C)c1CNC(=O)C1CN(C)C(=O)c2ccccc21. The van der Waals surface area contributed by atoms with Crippen molar-refractivity contribution in [3.05, 3.63) is 52.4 Å². The van der Waals surface area contributed by atoms with Gasteiger partial charge < -0.3 is 14.7 Å². The first-order valence-corrected chi connectivity index (χ1v) is 7.53. The van der Waals surface area contributed by atoms with E-state index in [9.17, 15) is 9.59 Å². The molecule has 0 spiro atoms. The summed E-state index contributed by atoms with van der Waals surface area (Å²) in [7, 11) is 1.72. The highest BCUT2D eigenvalue weighted by Gasteiger charge is 2.33. The summed E-state index contributed by atoms with van der Waals surface area (Å²) in [5.41, 5.74) is 3.05. The van der Waals surface area contributed by atoms with Crippen molar-refractivity contribution in [3.63, 3.8) is 0 Å². The molecule has 120 valence electrons. The van der Waals surface area contributed by atoms with Crippen LogP contribution < -0.4 is 5.32 Å². The summed E-state index contributed by atoms with van der Waals surface area (Å²) in [6, 6.07) is 7.28. The van der Waals surface area contributed by atoms with Gasteiger partial charge in [0.1, 0.15) is 5.76 Å². The number of aromatic nitrogens is 1. The number of hydrogen-bond acceptors (Lipinski definition) is 4. The first-order chi connectivity index (χ1) is 11.0. The van der Waals surface area contributed by atoms with Crippen molar-refractivity contribution in [1.29, 1.82) is 0 Å². The molecular weight excluding hydrogens is 294 g/mol. The Balaban J connectivity index is 1.80. The Morgan fingerprint density at radius 3 is 2.83 bits per heavy atom. The van der Waals surface area contributed by atoms with E-state index in [1.165, 1.54) is 0 Å². The number of carbonyl (C=O) groups is 2. The van der Waals surface area contributed by atoms with Crippen LogP contribution in [0.4, 0.5) is 0 Å². The second-order valence-electron chi connectivity index (χ2n) is 5.85. The van der Waals surface area contributed by atoms with Gasteiger partial charge in [0.25, 0.3) is 5.91 Å². The average Bonchev–Trinajstić information content (AvgIpc) is 2.87. The first kappa shape index (κ1) is 15.3. The Kier molecular flexibility index (Phi) is 3.90. The molecule has 3 rings (SSSR count). The van der Waals surface area contributed by atoms with Gasteiger partial charge in [-0.25, -0.2) is 0 Å². The smallest absolute Gasteiger partial charge is 0.253 e. The van der Waals surface area contributed by atoms with Crippen LogP contribution in [0.3, 0.4) is 0 Å². The maximum atomic E-state index is 12.6. The molecule has 6 heteroatoms. The minimum absolute atomic E-state index is 0.0460. The lowest BCUT2D eigenvalue weighted by Gasteiger charge is -2.31. The van der Waals surface area contributed by atoms with Crippen LogP contribution in [0.15, 0.2) is 28.8 Å². The monoisotopic (exact) mass is 313 g/mol. The van der Waals surface area contributed by atoms with Gasteiger partial charge in [0.2, 0.25) is 5.91 Å². The summed E-state index contributed by atoms with van der Waals surface area (Å²) in [5, 5.41) is 6.82. The van der Waals surface area contributed by atoms with Gasteiger partial charge in [-0.05, 0) is 25.5 Å². The van der Waals surface area contributed by atoms with Crippen LogP contribution in [-0.2, 0) is 11.3 Å². The zero-order valence-electron chi connectivity index (χ0n) is 13.4. The number of likely N-dealkylation sites (N-methyl/N-ethyl adjacent to an activating group) is 1. The van der Waals surface area contributed by atoms with E-state index in [4.69, 9.17) is 4.52 Å². The molecule has 2 aromatic rings. The molecule has 0 saturated carbocycles. The Labute approximate surface area is 134 Å². The van der Waals surface area contributed by atoms with Crippen LogP contribution in [0.25, 0.3) is 0 Å². The van der Waals surface area contributed by atoms with Gasteiger partial charge in [-0.15, -0.1) is 0 Å². The lowest BCUT2D eigenvalue weighted by atomic mass is 9.89. The van der Waals surface area contributed by atoms with E-state index in [1.54, 1.807) is 18.0 Å². The van der Waals surface area contributed by atoms with Crippen molar-refractivity contribution in [2.75, 3.05) is 13.6 Å². The molecule has 2 amide bonds. The molecule has 1 unspecified atom stereocenters. The third-order valence-electron chi connectivity index (χ3n) is 4.31. The number of carbonyl (C=O) groups excluding carboxylic acids is 2. The predicted molar refractivity (Wildman–Crippen MR) is 84.0 cm³/mol. The van der Waals surface area contributed by atoms with Gasteiger partial charge in [-0.3, -0.25) is 9.59 Å². The van der Waals surface area contributed by atoms with Gasteiger partial charge in [-0.1, -0.05) is 23.4 Å². The maximum absolute atomic E-state index is 12.6. The van der Waals surface area contributed by atoms with Crippen LogP contribution in [0.2, 0.25) is 0 Å². The highest BCUT2D eigenvalue weighted by Crippen LogP contribution is 2.27. The summed E-state index contributed by atoms with van der Waals surface area (Å²) in [5.74, 6) is 0.195. The zero-order valence-corrected chi connectivity index (χ0v) is 13.4. The molecule has 23 heavy (non-hydrogen) atoms. The van der Waals surface area contributed by atoms with Crippen molar-refractivity contribution in [2.24, 2.45) is 0 Å². The lowest BCUT2D eigenvalue weighted by molar-refractivity contribution is -0.123. The topological polar surface area (TPSA) is 75.4 Å². The summed E-state index contributed by atoms with van der Waals surface area (Å²) in [4.78, 5) is 26.4. The van der Waals surface area contributed by atoms with E-state index >= 15 is 0 Å². The summed E-state index contributed by atoms with van der Waals surface area (Å²) in [6.07, 6.45) is 0. The second kappa shape index (κ2) is 5.87. The zero-order chi connectivity index (χ0) is 16.6. The number of fused-ring (bicyclic) bond motifs is 1. The highest BCUT2D eigenvalue weighted by atomic mass is 16.5. The Morgan fingerprint density at radius 2 is 2.13 bits per heavy atom. The predicted octanol–water partition coefficient (Wildman–Crippen LogP) is 1.78. The minimum Gasteiger partial charge on any atom is -0.361 e. The minimum atomic E-state index is -0.366. The third kappa shape index (κ3) is 2.72. The molecule has 0 aliphatic carbocycles. The molecule has 0 bridgehead atoms. The molecule has 0 saturated heterocycles. The van der Waals surface area contributed by atoms with E-state index in [0.29, 0.717) is 24.4 Å². The van der Waals surface area contributed by atoms with E-state index in [1.807, 2.05) is 32.0 Å². The van der Waals surface area contributed by atoms with Gasteiger partial charge in [0.15, 0.2) is 0 Å². The molecule has 6 nitrogen and oxygen atoms in total. The van der Waals surface area contributed by atoms with Gasteiger partial charge in [-0.2, -0.15) is 0 Å². The number of rotatable bonds is 3. The van der Waals surface area contributed by atoms with Crippen LogP contribution in [0, 0.1) is 13.8 Å². The number of hydrogen-bond donors (Lipinski definition) is 1. The lowest BCUT2D eigenvalue weighted by Crippen LogP contribution is -2.43. The maximum Gasteiger partial charge on any atom is 0.253 e. The summed E-state index contributed by atoms with van der Waals surface area (Å²) < 4.78 is 5.11. The molecule has 1 N–H and O–H groups in total. The average molecular weight is 313 g/mol. The molecule has 1 atom stereocenters. The molecule has 1 aliphatic rings. The number of benzene rings is 1. The Hall–Kier alpha value is -2.63. The fourth-order valence-electron chi connectivity index (χ4n) is 2.93. The van der Waals surface area contributed by atoms with E-state index in [-0.39, 0.29) is 17.7 Å². The molecule has 1 aromatic heterocycles. The fraction of sp³-hybridized carbons (Fsp3) is 0.353. The van der Waals surface area contributed by atoms with Crippen LogP contribution in [0.1, 0.15) is 38.9 Å². The third-order valence-corrected chi connectivity index (χ3v) is 4.31. The van der Waals surface area contributed by atoms with Crippen molar-refractivity contribution < 1.29 is 14.1 Å². The molecule has 0 radical (unpaired) electrons. The quantitative estimate of drug-likeness (QED) is 0.937. The number of nitrogens with one attached hydrogen (secondary N) is 1. The number of amides is 2. The molecule has 1 aliphatic heterocycles. The van der Waals surface area contributed by atoms with Crippen molar-refractivity contribution in [1.82, 2.24) is 15.4 Å². The number of nitrogens with zero attached hydrogens (tertiary/aromatic N) is 2. The van der Waals surface area contributed by atoms with Crippen LogP contribution in [0.5, 0.6) is 0 Å². The van der Waals surface area contributed by atoms with Gasteiger partial charge in [0.05, 0.1) is 11.6 Å². The van der Waals surface area contributed by atoms with Crippen LogP contribution in [-0.4, -0.2) is 35.5 Å². The standard InChI is InChI=1S/C17H19N3O3/c1-10-14(11(2)23-19-10)8-18-16(21)15-9-20(3)17(22)13-7-5-4-6-12(13)15/h4-7,15H,8-9H2,1-3H3,(H,18,21). The second-order valence-corrected chi connectivity index (χ2v) is 5.85. The molecule has 0 fully saturated rings. The molecule has 1 aromatic carbocycles. The van der Waals surface area contributed by atoms with Gasteiger partial charge in [0, 0.05) is 31.3 Å². The van der Waals surface area contributed by atoms with Crippen LogP contribution >= 0.6 is 0 Å². The van der Waals surface area contributed by atoms with E-state index in [2.05, 4.69) is 10.5 Å². The normalized spacial score (nSPS) is 17.1. The van der Waals surface area contributed by atoms with Crippen molar-refractivity contribution in [3.8, 4) is 0 Å². The number of aryl methyl sites for hydroxylation is 2. The van der Waals surface area contributed by atoms with Gasteiger partial charge >= 0.3 is 0 Å². The highest BCUT2D eigenvalue weighted by molar-refractivity contribution is 6.00. The van der Waals surface area contributed by atoms with Crippen molar-refractivity contribution in [2.45, 2.75) is 26.3 Å². The largest absolute Gasteiger partial charge is 0.361 e. The fourth-order valence-corrected chi connectivity index (χ4v) is 2.93. The summed E-state index contributed by atoms with van der Waals surface area (Å²) in [6.45, 7) is 4.42. The first-order valence-electron chi connectivity index (χ1n) is 7.53. The van der Waals surface area contributed by atoms with E-state index in [0.717, 1.165) is 16.8 Å². The Bertz CT molecular complexity index is 747. The molecule has 2 heterocycles. The summed E-state index contributed by atoms with van der Waals surface area (Å²) >= 11 is 0.